The fourth-order valence-corrected chi connectivity index (χ4v) is 4.52. The van der Waals surface area contributed by atoms with Gasteiger partial charge in [-0.3, -0.25) is 9.59 Å². The Morgan fingerprint density at radius 2 is 1.72 bits per heavy atom. The van der Waals surface area contributed by atoms with Crippen molar-refractivity contribution in [3.8, 4) is 11.5 Å². The van der Waals surface area contributed by atoms with Gasteiger partial charge >= 0.3 is 0 Å². The van der Waals surface area contributed by atoms with Crippen LogP contribution in [0.2, 0.25) is 0 Å². The van der Waals surface area contributed by atoms with Crippen LogP contribution in [0.5, 0.6) is 11.5 Å². The van der Waals surface area contributed by atoms with E-state index in [1.807, 2.05) is 48.5 Å². The fraction of sp³-hybridized carbons (Fsp3) is 0.308. The minimum atomic E-state index is -0.677. The number of fused-ring (bicyclic) bond motifs is 2. The predicted molar refractivity (Wildman–Crippen MR) is 123 cm³/mol. The number of amides is 2. The van der Waals surface area contributed by atoms with Gasteiger partial charge in [0, 0.05) is 24.6 Å². The molecule has 1 aliphatic carbocycles. The highest BCUT2D eigenvalue weighted by Crippen LogP contribution is 2.47. The molecule has 6 heteroatoms. The molecular formula is C26H26N2O4. The van der Waals surface area contributed by atoms with Gasteiger partial charge in [-0.25, -0.2) is 0 Å². The SMILES string of the molecule is C[C@@H](NC(=O)Cc1cccc2ccccc12)C(=O)Nc1ccc2c(c1)OC1(CCCC1)O2. The van der Waals surface area contributed by atoms with Crippen molar-refractivity contribution in [3.63, 3.8) is 0 Å². The smallest absolute Gasteiger partial charge is 0.251 e. The zero-order valence-electron chi connectivity index (χ0n) is 18.0. The van der Waals surface area contributed by atoms with E-state index in [0.717, 1.165) is 42.0 Å². The third-order valence-corrected chi connectivity index (χ3v) is 6.17. The van der Waals surface area contributed by atoms with E-state index in [2.05, 4.69) is 10.6 Å². The number of anilines is 1. The summed E-state index contributed by atoms with van der Waals surface area (Å²) < 4.78 is 12.1. The van der Waals surface area contributed by atoms with Crippen molar-refractivity contribution < 1.29 is 19.1 Å². The highest BCUT2D eigenvalue weighted by atomic mass is 16.7. The molecule has 1 heterocycles. The van der Waals surface area contributed by atoms with Crippen LogP contribution in [0.1, 0.15) is 38.2 Å². The lowest BCUT2D eigenvalue weighted by molar-refractivity contribution is -0.125. The van der Waals surface area contributed by atoms with Gasteiger partial charge in [0.1, 0.15) is 6.04 Å². The molecule has 0 unspecified atom stereocenters. The van der Waals surface area contributed by atoms with Crippen molar-refractivity contribution in [2.75, 3.05) is 5.32 Å². The largest absolute Gasteiger partial charge is 0.448 e. The molecule has 1 atom stereocenters. The van der Waals surface area contributed by atoms with Crippen LogP contribution in [0.4, 0.5) is 5.69 Å². The van der Waals surface area contributed by atoms with Gasteiger partial charge in [-0.2, -0.15) is 0 Å². The van der Waals surface area contributed by atoms with Crippen LogP contribution >= 0.6 is 0 Å². The summed E-state index contributed by atoms with van der Waals surface area (Å²) in [5.74, 6) is 0.343. The van der Waals surface area contributed by atoms with Gasteiger partial charge in [0.05, 0.1) is 6.42 Å². The van der Waals surface area contributed by atoms with Gasteiger partial charge < -0.3 is 20.1 Å². The maximum Gasteiger partial charge on any atom is 0.251 e. The molecule has 1 saturated carbocycles. The van der Waals surface area contributed by atoms with Gasteiger partial charge in [-0.05, 0) is 48.2 Å². The molecular weight excluding hydrogens is 404 g/mol. The van der Waals surface area contributed by atoms with Gasteiger partial charge in [0.15, 0.2) is 11.5 Å². The lowest BCUT2D eigenvalue weighted by Gasteiger charge is -2.21. The molecule has 2 N–H and O–H groups in total. The first-order valence-corrected chi connectivity index (χ1v) is 11.1. The monoisotopic (exact) mass is 430 g/mol. The molecule has 0 saturated heterocycles. The Bertz CT molecular complexity index is 1180. The Labute approximate surface area is 186 Å². The van der Waals surface area contributed by atoms with E-state index in [1.54, 1.807) is 19.1 Å². The standard InChI is InChI=1S/C26H26N2O4/c1-17(27-24(29)15-19-9-6-8-18-7-2-3-10-21(18)19)25(30)28-20-11-12-22-23(16-20)32-26(31-22)13-4-5-14-26/h2-3,6-12,16-17H,4-5,13-15H2,1H3,(H,27,29)(H,28,30)/t17-/m1/s1. The zero-order valence-corrected chi connectivity index (χ0v) is 18.0. The minimum Gasteiger partial charge on any atom is -0.448 e. The fourth-order valence-electron chi connectivity index (χ4n) is 4.52. The maximum atomic E-state index is 12.7. The van der Waals surface area contributed by atoms with E-state index in [4.69, 9.17) is 9.47 Å². The molecule has 2 aliphatic rings. The molecule has 3 aromatic carbocycles. The quantitative estimate of drug-likeness (QED) is 0.622. The third kappa shape index (κ3) is 4.00. The Balaban J connectivity index is 1.20. The molecule has 2 amide bonds. The number of rotatable bonds is 5. The highest BCUT2D eigenvalue weighted by Gasteiger charge is 2.44. The van der Waals surface area contributed by atoms with Crippen LogP contribution in [0, 0.1) is 0 Å². The Morgan fingerprint density at radius 3 is 2.56 bits per heavy atom. The van der Waals surface area contributed by atoms with Gasteiger partial charge in [0.25, 0.3) is 5.79 Å². The number of hydrogen-bond donors (Lipinski definition) is 2. The number of ether oxygens (including phenoxy) is 2. The summed E-state index contributed by atoms with van der Waals surface area (Å²) in [6.45, 7) is 1.68. The lowest BCUT2D eigenvalue weighted by atomic mass is 10.0. The van der Waals surface area contributed by atoms with Crippen molar-refractivity contribution in [2.45, 2.75) is 50.9 Å². The second kappa shape index (κ2) is 8.19. The molecule has 6 nitrogen and oxygen atoms in total. The summed E-state index contributed by atoms with van der Waals surface area (Å²) in [6.07, 6.45) is 4.15. The predicted octanol–water partition coefficient (Wildman–Crippen LogP) is 4.57. The van der Waals surface area contributed by atoms with E-state index in [9.17, 15) is 9.59 Å². The summed E-state index contributed by atoms with van der Waals surface area (Å²) in [6, 6.07) is 18.6. The van der Waals surface area contributed by atoms with Crippen LogP contribution in [0.25, 0.3) is 10.8 Å². The van der Waals surface area contributed by atoms with Gasteiger partial charge in [-0.15, -0.1) is 0 Å². The van der Waals surface area contributed by atoms with Gasteiger partial charge in [-0.1, -0.05) is 42.5 Å². The summed E-state index contributed by atoms with van der Waals surface area (Å²) in [4.78, 5) is 25.3. The first-order chi connectivity index (χ1) is 15.5. The van der Waals surface area contributed by atoms with Crippen LogP contribution in [-0.4, -0.2) is 23.6 Å². The molecule has 1 spiro atoms. The molecule has 3 aromatic rings. The number of benzene rings is 3. The summed E-state index contributed by atoms with van der Waals surface area (Å²) >= 11 is 0. The van der Waals surface area contributed by atoms with Gasteiger partial charge in [0.2, 0.25) is 11.8 Å². The molecule has 164 valence electrons. The maximum absolute atomic E-state index is 12.7. The molecule has 1 aliphatic heterocycles. The highest BCUT2D eigenvalue weighted by molar-refractivity contribution is 5.98. The number of hydrogen-bond acceptors (Lipinski definition) is 4. The molecule has 0 aromatic heterocycles. The molecule has 5 rings (SSSR count). The first kappa shape index (κ1) is 20.4. The van der Waals surface area contributed by atoms with E-state index < -0.39 is 11.8 Å². The number of carbonyl (C=O) groups is 2. The Morgan fingerprint density at radius 1 is 0.969 bits per heavy atom. The van der Waals surface area contributed by atoms with Crippen molar-refractivity contribution in [1.82, 2.24) is 5.32 Å². The molecule has 0 radical (unpaired) electrons. The van der Waals surface area contributed by atoms with E-state index in [-0.39, 0.29) is 18.2 Å². The van der Waals surface area contributed by atoms with Crippen LogP contribution in [0.3, 0.4) is 0 Å². The van der Waals surface area contributed by atoms with E-state index in [0.29, 0.717) is 17.2 Å². The lowest BCUT2D eigenvalue weighted by Crippen LogP contribution is -2.42. The third-order valence-electron chi connectivity index (χ3n) is 6.17. The molecule has 1 fully saturated rings. The zero-order chi connectivity index (χ0) is 22.1. The average molecular weight is 431 g/mol. The summed E-state index contributed by atoms with van der Waals surface area (Å²) in [7, 11) is 0. The average Bonchev–Trinajstić information content (AvgIpc) is 3.39. The normalized spacial score (nSPS) is 16.8. The van der Waals surface area contributed by atoms with E-state index in [1.165, 1.54) is 0 Å². The van der Waals surface area contributed by atoms with Crippen LogP contribution < -0.4 is 20.1 Å². The number of nitrogens with one attached hydrogen (secondary N) is 2. The molecule has 32 heavy (non-hydrogen) atoms. The number of carbonyl (C=O) groups excluding carboxylic acids is 2. The van der Waals surface area contributed by atoms with E-state index >= 15 is 0 Å². The second-order valence-corrected chi connectivity index (χ2v) is 8.58. The summed E-state index contributed by atoms with van der Waals surface area (Å²) in [5.41, 5.74) is 1.55. The van der Waals surface area contributed by atoms with Crippen LogP contribution in [0.15, 0.2) is 60.7 Å². The van der Waals surface area contributed by atoms with Crippen molar-refractivity contribution in [1.29, 1.82) is 0 Å². The van der Waals surface area contributed by atoms with Crippen molar-refractivity contribution in [2.24, 2.45) is 0 Å². The minimum absolute atomic E-state index is 0.196. The first-order valence-electron chi connectivity index (χ1n) is 11.1. The summed E-state index contributed by atoms with van der Waals surface area (Å²) in [5, 5.41) is 7.79. The Hall–Kier alpha value is -3.54. The van der Waals surface area contributed by atoms with Crippen molar-refractivity contribution in [3.05, 3.63) is 66.2 Å². The Kier molecular flexibility index (Phi) is 5.21. The van der Waals surface area contributed by atoms with Crippen LogP contribution in [-0.2, 0) is 16.0 Å². The van der Waals surface area contributed by atoms with Crippen molar-refractivity contribution >= 4 is 28.3 Å². The topological polar surface area (TPSA) is 76.7 Å². The molecule has 0 bridgehead atoms. The second-order valence-electron chi connectivity index (χ2n) is 8.58.